The molecule has 2 aromatic rings. The molecule has 0 amide bonds. The topological polar surface area (TPSA) is 35.5 Å². The molecule has 0 aliphatic rings. The lowest BCUT2D eigenvalue weighted by Gasteiger charge is -2.37. The molecule has 2 aromatic carbocycles. The molecule has 0 aromatic heterocycles. The predicted molar refractivity (Wildman–Crippen MR) is 91.6 cm³/mol. The van der Waals surface area contributed by atoms with Crippen molar-refractivity contribution < 1.29 is 14.3 Å². The first-order valence-electron chi connectivity index (χ1n) is 7.98. The Morgan fingerprint density at radius 2 is 1.17 bits per heavy atom. The fraction of sp³-hybridized carbons (Fsp3) is 0.350. The van der Waals surface area contributed by atoms with Crippen LogP contribution in [-0.4, -0.2) is 11.6 Å². The van der Waals surface area contributed by atoms with Gasteiger partial charge in [-0.1, -0.05) is 64.1 Å². The molecule has 0 radical (unpaired) electrons. The van der Waals surface area contributed by atoms with Crippen LogP contribution in [0.2, 0.25) is 0 Å². The highest BCUT2D eigenvalue weighted by atomic mass is 16.7. The van der Waals surface area contributed by atoms with Gasteiger partial charge in [-0.3, -0.25) is 4.79 Å². The van der Waals surface area contributed by atoms with E-state index < -0.39 is 5.79 Å². The van der Waals surface area contributed by atoms with Gasteiger partial charge in [0.2, 0.25) is 5.78 Å². The lowest BCUT2D eigenvalue weighted by molar-refractivity contribution is -0.179. The van der Waals surface area contributed by atoms with E-state index >= 15 is 0 Å². The fourth-order valence-corrected chi connectivity index (χ4v) is 2.37. The van der Waals surface area contributed by atoms with Crippen LogP contribution in [0.5, 0.6) is 11.5 Å². The summed E-state index contributed by atoms with van der Waals surface area (Å²) in [4.78, 5) is 13.0. The van der Waals surface area contributed by atoms with Gasteiger partial charge >= 0.3 is 5.79 Å². The molecule has 0 aliphatic carbocycles. The number of carbonyl (C=O) groups is 1. The third-order valence-electron chi connectivity index (χ3n) is 3.65. The van der Waals surface area contributed by atoms with Crippen LogP contribution in [0.1, 0.15) is 27.7 Å². The maximum atomic E-state index is 13.0. The smallest absolute Gasteiger partial charge is 0.313 e. The Labute approximate surface area is 138 Å². The second kappa shape index (κ2) is 7.32. The van der Waals surface area contributed by atoms with E-state index in [-0.39, 0.29) is 17.6 Å². The zero-order chi connectivity index (χ0) is 16.9. The van der Waals surface area contributed by atoms with Crippen molar-refractivity contribution in [1.29, 1.82) is 0 Å². The Kier molecular flexibility index (Phi) is 5.43. The fourth-order valence-electron chi connectivity index (χ4n) is 2.37. The first-order valence-corrected chi connectivity index (χ1v) is 7.98. The second-order valence-corrected chi connectivity index (χ2v) is 6.17. The van der Waals surface area contributed by atoms with E-state index in [0.29, 0.717) is 11.5 Å². The SMILES string of the molecule is CC(C)C(=O)C(Oc1ccccc1)(Oc1ccccc1)C(C)C. The second-order valence-electron chi connectivity index (χ2n) is 6.17. The van der Waals surface area contributed by atoms with Gasteiger partial charge in [0.15, 0.2) is 0 Å². The van der Waals surface area contributed by atoms with Crippen molar-refractivity contribution in [2.75, 3.05) is 0 Å². The number of para-hydroxylation sites is 2. The first-order chi connectivity index (χ1) is 11.0. The molecule has 23 heavy (non-hydrogen) atoms. The number of benzene rings is 2. The molecule has 0 N–H and O–H groups in total. The van der Waals surface area contributed by atoms with Crippen molar-refractivity contribution in [1.82, 2.24) is 0 Å². The maximum absolute atomic E-state index is 13.0. The van der Waals surface area contributed by atoms with E-state index in [4.69, 9.17) is 9.47 Å². The highest BCUT2D eigenvalue weighted by molar-refractivity contribution is 5.88. The maximum Gasteiger partial charge on any atom is 0.313 e. The molecule has 3 heteroatoms. The van der Waals surface area contributed by atoms with Crippen LogP contribution in [0.15, 0.2) is 60.7 Å². The molecule has 0 spiro atoms. The summed E-state index contributed by atoms with van der Waals surface area (Å²) in [5, 5.41) is 0. The minimum absolute atomic E-state index is 0.0693. The molecule has 0 saturated heterocycles. The summed E-state index contributed by atoms with van der Waals surface area (Å²) in [6.07, 6.45) is 0. The molecule has 0 fully saturated rings. The number of hydrogen-bond acceptors (Lipinski definition) is 3. The van der Waals surface area contributed by atoms with Crippen molar-refractivity contribution in [3.8, 4) is 11.5 Å². The van der Waals surface area contributed by atoms with Crippen LogP contribution in [-0.2, 0) is 4.79 Å². The number of carbonyl (C=O) groups excluding carboxylic acids is 1. The molecule has 0 heterocycles. The van der Waals surface area contributed by atoms with Crippen molar-refractivity contribution >= 4 is 5.78 Å². The van der Waals surface area contributed by atoms with E-state index in [1.807, 2.05) is 88.4 Å². The van der Waals surface area contributed by atoms with Crippen LogP contribution in [0.25, 0.3) is 0 Å². The standard InChI is InChI=1S/C20H24O3/c1-15(2)19(21)20(16(3)4,22-17-11-7-5-8-12-17)23-18-13-9-6-10-14-18/h5-16H,1-4H3. The summed E-state index contributed by atoms with van der Waals surface area (Å²) >= 11 is 0. The van der Waals surface area contributed by atoms with Gasteiger partial charge in [-0.2, -0.15) is 0 Å². The van der Waals surface area contributed by atoms with Gasteiger partial charge in [0, 0.05) is 11.8 Å². The third kappa shape index (κ3) is 3.92. The summed E-state index contributed by atoms with van der Waals surface area (Å²) < 4.78 is 12.2. The van der Waals surface area contributed by atoms with Crippen LogP contribution in [0.3, 0.4) is 0 Å². The van der Waals surface area contributed by atoms with Gasteiger partial charge in [0.25, 0.3) is 0 Å². The van der Waals surface area contributed by atoms with Gasteiger partial charge in [-0.15, -0.1) is 0 Å². The molecule has 0 aliphatic heterocycles. The van der Waals surface area contributed by atoms with E-state index in [1.165, 1.54) is 0 Å². The minimum Gasteiger partial charge on any atom is -0.445 e. The summed E-state index contributed by atoms with van der Waals surface area (Å²) in [7, 11) is 0. The largest absolute Gasteiger partial charge is 0.445 e. The summed E-state index contributed by atoms with van der Waals surface area (Å²) in [5.74, 6) is -0.545. The summed E-state index contributed by atoms with van der Waals surface area (Å²) in [5.41, 5.74) is 0. The van der Waals surface area contributed by atoms with Crippen LogP contribution in [0, 0.1) is 11.8 Å². The number of rotatable bonds is 7. The third-order valence-corrected chi connectivity index (χ3v) is 3.65. The molecule has 0 bridgehead atoms. The molecule has 0 atom stereocenters. The van der Waals surface area contributed by atoms with E-state index in [0.717, 1.165) is 0 Å². The first kappa shape index (κ1) is 17.1. The molecule has 0 unspecified atom stereocenters. The van der Waals surface area contributed by atoms with Crippen LogP contribution >= 0.6 is 0 Å². The number of Topliss-reactive ketones (excluding diaryl/α,β-unsaturated/α-hetero) is 1. The highest BCUT2D eigenvalue weighted by Crippen LogP contribution is 2.32. The highest BCUT2D eigenvalue weighted by Gasteiger charge is 2.48. The van der Waals surface area contributed by atoms with E-state index in [2.05, 4.69) is 0 Å². The Morgan fingerprint density at radius 3 is 1.48 bits per heavy atom. The van der Waals surface area contributed by atoms with Gasteiger partial charge in [0.05, 0.1) is 0 Å². The number of hydrogen-bond donors (Lipinski definition) is 0. The Hall–Kier alpha value is -2.29. The molecular weight excluding hydrogens is 288 g/mol. The predicted octanol–water partition coefficient (Wildman–Crippen LogP) is 4.72. The average molecular weight is 312 g/mol. The van der Waals surface area contributed by atoms with Crippen molar-refractivity contribution in [3.05, 3.63) is 60.7 Å². The molecule has 2 rings (SSSR count). The minimum atomic E-state index is -1.35. The Balaban J connectivity index is 2.44. The van der Waals surface area contributed by atoms with Crippen molar-refractivity contribution in [3.63, 3.8) is 0 Å². The quantitative estimate of drug-likeness (QED) is 0.694. The van der Waals surface area contributed by atoms with E-state index in [9.17, 15) is 4.79 Å². The monoisotopic (exact) mass is 312 g/mol. The van der Waals surface area contributed by atoms with Gasteiger partial charge in [-0.05, 0) is 24.3 Å². The molecular formula is C20H24O3. The van der Waals surface area contributed by atoms with Gasteiger partial charge < -0.3 is 9.47 Å². The number of ketones is 1. The zero-order valence-electron chi connectivity index (χ0n) is 14.2. The Morgan fingerprint density at radius 1 is 0.783 bits per heavy atom. The van der Waals surface area contributed by atoms with Crippen LogP contribution in [0.4, 0.5) is 0 Å². The molecule has 122 valence electrons. The van der Waals surface area contributed by atoms with Crippen LogP contribution < -0.4 is 9.47 Å². The summed E-state index contributed by atoms with van der Waals surface area (Å²) in [6.45, 7) is 7.60. The molecule has 0 saturated carbocycles. The summed E-state index contributed by atoms with van der Waals surface area (Å²) in [6, 6.07) is 18.7. The zero-order valence-corrected chi connectivity index (χ0v) is 14.2. The van der Waals surface area contributed by atoms with Crippen molar-refractivity contribution in [2.24, 2.45) is 11.8 Å². The molecule has 3 nitrogen and oxygen atoms in total. The lowest BCUT2D eigenvalue weighted by atomic mass is 9.91. The Bertz CT molecular complexity index is 576. The van der Waals surface area contributed by atoms with Gasteiger partial charge in [0.1, 0.15) is 11.5 Å². The lowest BCUT2D eigenvalue weighted by Crippen LogP contribution is -2.56. The normalized spacial score (nSPS) is 11.6. The number of ether oxygens (including phenoxy) is 2. The average Bonchev–Trinajstić information content (AvgIpc) is 2.55. The van der Waals surface area contributed by atoms with E-state index in [1.54, 1.807) is 0 Å². The van der Waals surface area contributed by atoms with Gasteiger partial charge in [-0.25, -0.2) is 0 Å². The van der Waals surface area contributed by atoms with Crippen molar-refractivity contribution in [2.45, 2.75) is 33.5 Å².